The van der Waals surface area contributed by atoms with E-state index in [9.17, 15) is 8.78 Å². The van der Waals surface area contributed by atoms with Crippen LogP contribution in [0.2, 0.25) is 0 Å². The molecule has 0 spiro atoms. The Balaban J connectivity index is 2.03. The van der Waals surface area contributed by atoms with Crippen LogP contribution in [-0.4, -0.2) is 6.61 Å². The van der Waals surface area contributed by atoms with Gasteiger partial charge in [0.05, 0.1) is 6.61 Å². The smallest absolute Gasteiger partial charge is 0.201 e. The van der Waals surface area contributed by atoms with E-state index in [4.69, 9.17) is 4.74 Å². The Kier molecular flexibility index (Phi) is 6.82. The van der Waals surface area contributed by atoms with Crippen molar-refractivity contribution in [3.8, 4) is 5.75 Å². The average Bonchev–Trinajstić information content (AvgIpc) is 2.58. The molecule has 0 N–H and O–H groups in total. The van der Waals surface area contributed by atoms with Crippen molar-refractivity contribution in [1.82, 2.24) is 0 Å². The topological polar surface area (TPSA) is 9.23 Å². The van der Waals surface area contributed by atoms with Gasteiger partial charge in [-0.25, -0.2) is 4.39 Å². The number of rotatable bonds is 8. The van der Waals surface area contributed by atoms with Crippen LogP contribution in [-0.2, 0) is 0 Å². The summed E-state index contributed by atoms with van der Waals surface area (Å²) in [5.74, 6) is -1.20. The van der Waals surface area contributed by atoms with Crippen molar-refractivity contribution in [2.45, 2.75) is 51.9 Å². The average molecular weight is 320 g/mol. The second-order valence-electron chi connectivity index (χ2n) is 6.15. The molecule has 126 valence electrons. The van der Waals surface area contributed by atoms with Crippen LogP contribution in [0.1, 0.15) is 57.4 Å². The summed E-state index contributed by atoms with van der Waals surface area (Å²) in [5.41, 5.74) is 1.25. The Labute approximate surface area is 138 Å². The van der Waals surface area contributed by atoms with Crippen molar-refractivity contribution in [3.05, 3.63) is 48.1 Å². The molecule has 0 fully saturated rings. The molecule has 3 heteroatoms. The lowest BCUT2D eigenvalue weighted by Gasteiger charge is -2.20. The first kappa shape index (κ1) is 17.7. The zero-order valence-corrected chi connectivity index (χ0v) is 13.9. The lowest BCUT2D eigenvalue weighted by molar-refractivity contribution is 0.285. The summed E-state index contributed by atoms with van der Waals surface area (Å²) in [7, 11) is 0. The van der Waals surface area contributed by atoms with E-state index in [-0.39, 0.29) is 5.75 Å². The summed E-state index contributed by atoms with van der Waals surface area (Å²) >= 11 is 0. The maximum atomic E-state index is 14.3. The molecule has 0 aromatic heterocycles. The van der Waals surface area contributed by atoms with Gasteiger partial charge in [0.1, 0.15) is 0 Å². The Bertz CT molecular complexity index is 563. The third-order valence-electron chi connectivity index (χ3n) is 4.43. The number of halogens is 2. The zero-order valence-electron chi connectivity index (χ0n) is 13.9. The van der Waals surface area contributed by atoms with Crippen molar-refractivity contribution < 1.29 is 13.5 Å². The summed E-state index contributed by atoms with van der Waals surface area (Å²) in [6.45, 7) is 6.35. The molecule has 0 radical (unpaired) electrons. The number of ether oxygens (including phenoxy) is 1. The van der Waals surface area contributed by atoms with Crippen LogP contribution >= 0.6 is 0 Å². The van der Waals surface area contributed by atoms with Gasteiger partial charge < -0.3 is 4.74 Å². The van der Waals surface area contributed by atoms with Gasteiger partial charge in [0.25, 0.3) is 0 Å². The quantitative estimate of drug-likeness (QED) is 0.404. The molecule has 0 heterocycles. The molecule has 0 saturated heterocycles. The van der Waals surface area contributed by atoms with Gasteiger partial charge in [-0.1, -0.05) is 38.3 Å². The summed E-state index contributed by atoms with van der Waals surface area (Å²) in [6, 6.07) is 3.19. The van der Waals surface area contributed by atoms with Gasteiger partial charge in [0.15, 0.2) is 11.6 Å². The van der Waals surface area contributed by atoms with Crippen molar-refractivity contribution >= 4 is 5.57 Å². The summed E-state index contributed by atoms with van der Waals surface area (Å²) in [4.78, 5) is 0. The van der Waals surface area contributed by atoms with E-state index in [0.29, 0.717) is 18.1 Å². The van der Waals surface area contributed by atoms with E-state index < -0.39 is 11.6 Å². The largest absolute Gasteiger partial charge is 0.490 e. The van der Waals surface area contributed by atoms with Crippen LogP contribution < -0.4 is 4.74 Å². The molecule has 1 atom stereocenters. The fraction of sp³-hybridized carbons (Fsp3) is 0.500. The van der Waals surface area contributed by atoms with Crippen LogP contribution in [0, 0.1) is 17.6 Å². The van der Waals surface area contributed by atoms with Gasteiger partial charge in [-0.15, -0.1) is 6.58 Å². The summed E-state index contributed by atoms with van der Waals surface area (Å²) < 4.78 is 33.9. The number of hydrogen-bond donors (Lipinski definition) is 0. The van der Waals surface area contributed by atoms with Crippen LogP contribution in [0.5, 0.6) is 5.75 Å². The van der Waals surface area contributed by atoms with Gasteiger partial charge in [0.2, 0.25) is 5.82 Å². The molecule has 1 aliphatic carbocycles. The van der Waals surface area contributed by atoms with Crippen LogP contribution in [0.15, 0.2) is 30.9 Å². The molecule has 0 bridgehead atoms. The van der Waals surface area contributed by atoms with E-state index in [0.717, 1.165) is 50.5 Å². The summed E-state index contributed by atoms with van der Waals surface area (Å²) in [5, 5.41) is 0. The third kappa shape index (κ3) is 4.66. The molecule has 1 aliphatic rings. The molecule has 0 saturated carbocycles. The Hall–Kier alpha value is -1.64. The molecule has 0 aliphatic heterocycles. The number of allylic oxidation sites excluding steroid dienone is 3. The first-order valence-corrected chi connectivity index (χ1v) is 8.60. The highest BCUT2D eigenvalue weighted by Gasteiger charge is 2.20. The predicted octanol–water partition coefficient (Wildman–Crippen LogP) is 6.29. The maximum absolute atomic E-state index is 14.3. The molecule has 0 amide bonds. The van der Waals surface area contributed by atoms with E-state index in [1.165, 1.54) is 0 Å². The minimum Gasteiger partial charge on any atom is -0.490 e. The minimum atomic E-state index is -0.871. The lowest BCUT2D eigenvalue weighted by Crippen LogP contribution is -2.06. The highest BCUT2D eigenvalue weighted by molar-refractivity contribution is 5.67. The Morgan fingerprint density at radius 1 is 1.22 bits per heavy atom. The maximum Gasteiger partial charge on any atom is 0.201 e. The molecule has 1 aromatic carbocycles. The van der Waals surface area contributed by atoms with Crippen molar-refractivity contribution in [1.29, 1.82) is 0 Å². The zero-order chi connectivity index (χ0) is 16.7. The predicted molar refractivity (Wildman–Crippen MR) is 91.5 cm³/mol. The monoisotopic (exact) mass is 320 g/mol. The van der Waals surface area contributed by atoms with Crippen molar-refractivity contribution in [3.63, 3.8) is 0 Å². The molecular weight excluding hydrogens is 294 g/mol. The number of benzene rings is 1. The Morgan fingerprint density at radius 3 is 2.70 bits per heavy atom. The fourth-order valence-corrected chi connectivity index (χ4v) is 2.92. The van der Waals surface area contributed by atoms with Gasteiger partial charge in [0, 0.05) is 5.56 Å². The van der Waals surface area contributed by atoms with E-state index in [2.05, 4.69) is 13.5 Å². The van der Waals surface area contributed by atoms with Crippen LogP contribution in [0.3, 0.4) is 0 Å². The highest BCUT2D eigenvalue weighted by Crippen LogP contribution is 2.34. The fourth-order valence-electron chi connectivity index (χ4n) is 2.92. The molecule has 2 rings (SSSR count). The number of hydrogen-bond acceptors (Lipinski definition) is 1. The molecule has 1 aromatic rings. The molecule has 1 unspecified atom stereocenters. The van der Waals surface area contributed by atoms with Gasteiger partial charge in [-0.2, -0.15) is 4.39 Å². The minimum absolute atomic E-state index is 0.0168. The standard InChI is InChI=1S/C20H26F2O/c1-3-5-6-7-14-23-18-13-12-17(19(21)20(18)22)16-10-8-15(4-2)9-11-16/h4,10,12-13,15H,2-3,5-9,11,14H2,1H3. The second kappa shape index (κ2) is 8.85. The van der Waals surface area contributed by atoms with Gasteiger partial charge >= 0.3 is 0 Å². The normalized spacial score (nSPS) is 17.7. The van der Waals surface area contributed by atoms with E-state index in [1.807, 2.05) is 12.2 Å². The summed E-state index contributed by atoms with van der Waals surface area (Å²) in [6.07, 6.45) is 10.7. The Morgan fingerprint density at radius 2 is 2.04 bits per heavy atom. The third-order valence-corrected chi connectivity index (χ3v) is 4.43. The van der Waals surface area contributed by atoms with E-state index in [1.54, 1.807) is 12.1 Å². The van der Waals surface area contributed by atoms with Crippen LogP contribution in [0.25, 0.3) is 5.57 Å². The lowest BCUT2D eigenvalue weighted by atomic mass is 9.86. The second-order valence-corrected chi connectivity index (χ2v) is 6.15. The molecule has 23 heavy (non-hydrogen) atoms. The first-order chi connectivity index (χ1) is 11.2. The van der Waals surface area contributed by atoms with Crippen molar-refractivity contribution in [2.24, 2.45) is 5.92 Å². The highest BCUT2D eigenvalue weighted by atomic mass is 19.2. The number of unbranched alkanes of at least 4 members (excludes halogenated alkanes) is 3. The SMILES string of the molecule is C=CC1CC=C(c2ccc(OCCCCCC)c(F)c2F)CC1. The molecule has 1 nitrogen and oxygen atoms in total. The first-order valence-electron chi connectivity index (χ1n) is 8.60. The van der Waals surface area contributed by atoms with Crippen LogP contribution in [0.4, 0.5) is 8.78 Å². The van der Waals surface area contributed by atoms with Gasteiger partial charge in [-0.05, 0) is 49.3 Å². The van der Waals surface area contributed by atoms with Gasteiger partial charge in [-0.3, -0.25) is 0 Å². The molecular formula is C20H26F2O. The van der Waals surface area contributed by atoms with E-state index >= 15 is 0 Å². The van der Waals surface area contributed by atoms with Crippen molar-refractivity contribution in [2.75, 3.05) is 6.61 Å².